The van der Waals surface area contributed by atoms with E-state index in [-0.39, 0.29) is 61.8 Å². The van der Waals surface area contributed by atoms with E-state index in [1.165, 1.54) is 33.4 Å². The molecule has 2 aromatic heterocycles. The number of pyridine rings is 2. The molecule has 0 saturated heterocycles. The number of benzene rings is 2. The minimum Gasteiger partial charge on any atom is -1.00 e. The van der Waals surface area contributed by atoms with Crippen LogP contribution in [0.1, 0.15) is 61.3 Å². The molecule has 4 aromatic rings. The average molecular weight is 603 g/mol. The molecule has 5 heteroatoms. The SMILES string of the molecule is CC1=Cc2[c-]cccc2C1(C)c1ccccn1.CC1=Cc2[c-]cccc2C1(C)c1ccccn1.[Cl-].[Cl-].[Zr+2]. The van der Waals surface area contributed by atoms with Crippen LogP contribution in [-0.2, 0) is 37.0 Å². The summed E-state index contributed by atoms with van der Waals surface area (Å²) in [5, 5.41) is 0. The van der Waals surface area contributed by atoms with Gasteiger partial charge in [-0.05, 0) is 24.3 Å². The molecule has 2 heterocycles. The van der Waals surface area contributed by atoms with Crippen LogP contribution in [-0.4, -0.2) is 9.97 Å². The third-order valence-electron chi connectivity index (χ3n) is 7.51. The summed E-state index contributed by atoms with van der Waals surface area (Å²) in [6, 6.07) is 31.2. The number of hydrogen-bond donors (Lipinski definition) is 0. The molecule has 6 rings (SSSR count). The van der Waals surface area contributed by atoms with Gasteiger partial charge < -0.3 is 24.8 Å². The molecule has 0 aliphatic heterocycles. The Bertz CT molecular complexity index is 1290. The molecule has 0 radical (unpaired) electrons. The molecule has 2 aliphatic rings. The quantitative estimate of drug-likeness (QED) is 0.323. The van der Waals surface area contributed by atoms with Crippen molar-refractivity contribution in [3.63, 3.8) is 0 Å². The van der Waals surface area contributed by atoms with Crippen LogP contribution in [0, 0.1) is 12.1 Å². The fourth-order valence-electron chi connectivity index (χ4n) is 5.15. The largest absolute Gasteiger partial charge is 2.00 e. The van der Waals surface area contributed by atoms with Crippen LogP contribution in [0.5, 0.6) is 0 Å². The van der Waals surface area contributed by atoms with Crippen molar-refractivity contribution in [3.8, 4) is 0 Å². The average Bonchev–Trinajstić information content (AvgIpc) is 3.31. The Hall–Kier alpha value is -2.32. The van der Waals surface area contributed by atoms with Gasteiger partial charge in [0.05, 0.1) is 0 Å². The Labute approximate surface area is 252 Å². The molecule has 0 N–H and O–H groups in total. The molecule has 2 atom stereocenters. The minimum atomic E-state index is -0.103. The van der Waals surface area contributed by atoms with E-state index in [1.807, 2.05) is 60.9 Å². The predicted octanol–water partition coefficient (Wildman–Crippen LogP) is 1.21. The Kier molecular flexibility index (Phi) is 10.4. The molecule has 2 unspecified atom stereocenters. The predicted molar refractivity (Wildman–Crippen MR) is 139 cm³/mol. The Balaban J connectivity index is 0.000000241. The zero-order chi connectivity index (χ0) is 23.8. The second-order valence-corrected chi connectivity index (χ2v) is 9.33. The number of halogens is 2. The smallest absolute Gasteiger partial charge is 1.00 e. The van der Waals surface area contributed by atoms with Gasteiger partial charge in [-0.2, -0.15) is 0 Å². The minimum absolute atomic E-state index is 0. The fourth-order valence-corrected chi connectivity index (χ4v) is 5.15. The Morgan fingerprint density at radius 1 is 0.595 bits per heavy atom. The van der Waals surface area contributed by atoms with Gasteiger partial charge >= 0.3 is 26.2 Å². The third-order valence-corrected chi connectivity index (χ3v) is 7.51. The Morgan fingerprint density at radius 2 is 1.00 bits per heavy atom. The van der Waals surface area contributed by atoms with Crippen molar-refractivity contribution in [3.05, 3.63) is 142 Å². The van der Waals surface area contributed by atoms with Gasteiger partial charge in [0.1, 0.15) is 0 Å². The third kappa shape index (κ3) is 5.33. The molecular weight excluding hydrogens is 574 g/mol. The van der Waals surface area contributed by atoms with E-state index in [4.69, 9.17) is 0 Å². The topological polar surface area (TPSA) is 25.8 Å². The molecule has 2 aliphatic carbocycles. The van der Waals surface area contributed by atoms with Gasteiger partial charge in [0.15, 0.2) is 0 Å². The molecule has 37 heavy (non-hydrogen) atoms. The van der Waals surface area contributed by atoms with Crippen molar-refractivity contribution in [2.45, 2.75) is 38.5 Å². The van der Waals surface area contributed by atoms with Crippen LogP contribution in [0.15, 0.2) is 96.3 Å². The zero-order valence-corrected chi connectivity index (χ0v) is 25.4. The van der Waals surface area contributed by atoms with E-state index < -0.39 is 0 Å². The molecule has 2 nitrogen and oxygen atoms in total. The van der Waals surface area contributed by atoms with Gasteiger partial charge in [-0.1, -0.05) is 39.8 Å². The molecule has 0 amide bonds. The van der Waals surface area contributed by atoms with Crippen LogP contribution in [0.25, 0.3) is 12.2 Å². The number of hydrogen-bond acceptors (Lipinski definition) is 2. The van der Waals surface area contributed by atoms with Gasteiger partial charge in [0.2, 0.25) is 0 Å². The van der Waals surface area contributed by atoms with Gasteiger partial charge in [-0.15, -0.1) is 94.1 Å². The van der Waals surface area contributed by atoms with Gasteiger partial charge in [0, 0.05) is 34.6 Å². The summed E-state index contributed by atoms with van der Waals surface area (Å²) in [7, 11) is 0. The van der Waals surface area contributed by atoms with E-state index >= 15 is 0 Å². The first-order valence-electron chi connectivity index (χ1n) is 11.7. The normalized spacial score (nSPS) is 20.3. The van der Waals surface area contributed by atoms with Crippen molar-refractivity contribution in [2.24, 2.45) is 0 Å². The molecule has 0 saturated carbocycles. The van der Waals surface area contributed by atoms with E-state index in [1.54, 1.807) is 0 Å². The van der Waals surface area contributed by atoms with E-state index in [0.29, 0.717) is 0 Å². The number of allylic oxidation sites excluding steroid dienone is 2. The first-order valence-corrected chi connectivity index (χ1v) is 11.7. The van der Waals surface area contributed by atoms with Crippen LogP contribution in [0.3, 0.4) is 0 Å². The van der Waals surface area contributed by atoms with Crippen molar-refractivity contribution >= 4 is 12.2 Å². The van der Waals surface area contributed by atoms with E-state index in [9.17, 15) is 0 Å². The van der Waals surface area contributed by atoms with E-state index in [0.717, 1.165) is 11.4 Å². The molecule has 0 fully saturated rings. The summed E-state index contributed by atoms with van der Waals surface area (Å²) in [6.45, 7) is 8.81. The van der Waals surface area contributed by atoms with Crippen molar-refractivity contribution < 1.29 is 51.0 Å². The summed E-state index contributed by atoms with van der Waals surface area (Å²) in [4.78, 5) is 9.05. The van der Waals surface area contributed by atoms with Crippen LogP contribution >= 0.6 is 0 Å². The van der Waals surface area contributed by atoms with E-state index in [2.05, 4.69) is 86.2 Å². The summed E-state index contributed by atoms with van der Waals surface area (Å²) >= 11 is 0. The second kappa shape index (κ2) is 12.5. The monoisotopic (exact) mass is 600 g/mol. The van der Waals surface area contributed by atoms with Crippen LogP contribution in [0.2, 0.25) is 0 Å². The molecule has 0 bridgehead atoms. The maximum Gasteiger partial charge on any atom is 2.00 e. The fraction of sp³-hybridized carbons (Fsp3) is 0.188. The van der Waals surface area contributed by atoms with Gasteiger partial charge in [-0.25, -0.2) is 0 Å². The number of aromatic nitrogens is 2. The van der Waals surface area contributed by atoms with Crippen molar-refractivity contribution in [2.75, 3.05) is 0 Å². The Morgan fingerprint density at radius 3 is 1.35 bits per heavy atom. The standard InChI is InChI=1S/2C16H14N.2ClH.Zr/c2*1-12-11-13-7-3-4-8-14(13)16(12,2)15-9-5-6-10-17-15;;;/h2*3-6,8-11H,1-2H3;2*1H;/q2*-1;;;+2/p-2. The molecule has 0 spiro atoms. The summed E-state index contributed by atoms with van der Waals surface area (Å²) < 4.78 is 0. The summed E-state index contributed by atoms with van der Waals surface area (Å²) in [5.74, 6) is 0. The zero-order valence-electron chi connectivity index (χ0n) is 21.4. The van der Waals surface area contributed by atoms with Gasteiger partial charge in [-0.3, -0.25) is 9.97 Å². The molecule has 186 valence electrons. The number of nitrogens with zero attached hydrogens (tertiary/aromatic N) is 2. The van der Waals surface area contributed by atoms with Crippen molar-refractivity contribution in [1.82, 2.24) is 9.97 Å². The van der Waals surface area contributed by atoms with Crippen LogP contribution in [0.4, 0.5) is 0 Å². The van der Waals surface area contributed by atoms with Crippen molar-refractivity contribution in [1.29, 1.82) is 0 Å². The number of fused-ring (bicyclic) bond motifs is 2. The summed E-state index contributed by atoms with van der Waals surface area (Å²) in [6.07, 6.45) is 8.14. The maximum atomic E-state index is 4.53. The number of rotatable bonds is 2. The maximum absolute atomic E-state index is 4.53. The molecule has 2 aromatic carbocycles. The first-order chi connectivity index (χ1) is 16.5. The summed E-state index contributed by atoms with van der Waals surface area (Å²) in [5.41, 5.74) is 9.65. The second-order valence-electron chi connectivity index (χ2n) is 9.33. The first kappa shape index (κ1) is 30.9. The van der Waals surface area contributed by atoms with Crippen LogP contribution < -0.4 is 24.8 Å². The molecular formula is C32H28Cl2N2Zr-2. The van der Waals surface area contributed by atoms with Gasteiger partial charge in [0.25, 0.3) is 0 Å².